The minimum atomic E-state index is -3.03. The van der Waals surface area contributed by atoms with Crippen LogP contribution in [-0.4, -0.2) is 68.8 Å². The molecule has 2 heterocycles. The Balaban J connectivity index is 1.49. The van der Waals surface area contributed by atoms with Gasteiger partial charge in [-0.3, -0.25) is 4.79 Å². The average Bonchev–Trinajstić information content (AvgIpc) is 3.24. The molecule has 2 aromatic rings. The quantitative estimate of drug-likeness (QED) is 0.653. The molecular formula is C18H23N5O3S2. The highest BCUT2D eigenvalue weighted by Crippen LogP contribution is 2.33. The Kier molecular flexibility index (Phi) is 5.17. The number of carbonyl (C=O) groups excluding carboxylic acids is 1. The van der Waals surface area contributed by atoms with Crippen LogP contribution in [0.1, 0.15) is 30.4 Å². The van der Waals surface area contributed by atoms with Crippen molar-refractivity contribution < 1.29 is 13.2 Å². The van der Waals surface area contributed by atoms with Gasteiger partial charge < -0.3 is 4.90 Å². The lowest BCUT2D eigenvalue weighted by Gasteiger charge is -2.28. The Morgan fingerprint density at radius 3 is 2.54 bits per heavy atom. The second-order valence-electron chi connectivity index (χ2n) is 7.49. The molecule has 0 bridgehead atoms. The molecule has 2 aliphatic rings. The molecule has 10 heteroatoms. The highest BCUT2D eigenvalue weighted by atomic mass is 32.2. The number of rotatable bonds is 6. The first-order valence-electron chi connectivity index (χ1n) is 9.35. The number of hydrogen-bond donors (Lipinski definition) is 0. The van der Waals surface area contributed by atoms with E-state index in [0.717, 1.165) is 29.7 Å². The molecule has 1 aliphatic heterocycles. The van der Waals surface area contributed by atoms with E-state index in [9.17, 15) is 13.2 Å². The van der Waals surface area contributed by atoms with Crippen molar-refractivity contribution in [3.05, 3.63) is 29.3 Å². The van der Waals surface area contributed by atoms with Crippen LogP contribution >= 0.6 is 11.8 Å². The molecule has 0 N–H and O–H groups in total. The van der Waals surface area contributed by atoms with Gasteiger partial charge in [-0.05, 0) is 54.7 Å². The summed E-state index contributed by atoms with van der Waals surface area (Å²) in [5.74, 6) is 0.412. The second kappa shape index (κ2) is 7.47. The van der Waals surface area contributed by atoms with Crippen LogP contribution in [-0.2, 0) is 14.6 Å². The van der Waals surface area contributed by atoms with Crippen molar-refractivity contribution in [2.45, 2.75) is 50.4 Å². The number of carbonyl (C=O) groups is 1. The van der Waals surface area contributed by atoms with Gasteiger partial charge in [-0.15, -0.1) is 5.10 Å². The molecule has 0 unspecified atom stereocenters. The lowest BCUT2D eigenvalue weighted by atomic mass is 10.1. The van der Waals surface area contributed by atoms with E-state index in [0.29, 0.717) is 11.6 Å². The van der Waals surface area contributed by atoms with Crippen molar-refractivity contribution in [3.8, 4) is 5.69 Å². The molecule has 4 rings (SSSR count). The lowest BCUT2D eigenvalue weighted by Crippen LogP contribution is -2.43. The smallest absolute Gasteiger partial charge is 0.233 e. The Morgan fingerprint density at radius 2 is 1.93 bits per heavy atom. The van der Waals surface area contributed by atoms with E-state index in [2.05, 4.69) is 15.5 Å². The van der Waals surface area contributed by atoms with Gasteiger partial charge in [0, 0.05) is 12.1 Å². The zero-order valence-electron chi connectivity index (χ0n) is 15.9. The van der Waals surface area contributed by atoms with Crippen LogP contribution in [0.15, 0.2) is 23.4 Å². The zero-order chi connectivity index (χ0) is 19.9. The maximum atomic E-state index is 12.9. The molecule has 0 spiro atoms. The van der Waals surface area contributed by atoms with Gasteiger partial charge in [0.25, 0.3) is 0 Å². The number of hydrogen-bond acceptors (Lipinski definition) is 7. The van der Waals surface area contributed by atoms with E-state index in [1.165, 1.54) is 11.8 Å². The van der Waals surface area contributed by atoms with Crippen molar-refractivity contribution in [2.24, 2.45) is 0 Å². The van der Waals surface area contributed by atoms with Gasteiger partial charge in [0.2, 0.25) is 11.1 Å². The molecule has 1 aliphatic carbocycles. The standard InChI is InChI=1S/C18H23N5O3S2/c1-12-4-3-5-13(2)17(12)23-18(19-20-21-23)27-10-16(24)22(14-6-7-14)15-8-9-28(25,26)11-15/h3-5,14-15H,6-11H2,1-2H3/t15-/m0/s1. The first kappa shape index (κ1) is 19.4. The number of benzene rings is 1. The summed E-state index contributed by atoms with van der Waals surface area (Å²) < 4.78 is 25.4. The SMILES string of the molecule is Cc1cccc(C)c1-n1nnnc1SCC(=O)N(C1CC1)[C@H]1CCS(=O)(=O)C1. The fourth-order valence-corrected chi connectivity index (χ4v) is 6.26. The zero-order valence-corrected chi connectivity index (χ0v) is 17.5. The molecule has 1 amide bonds. The van der Waals surface area contributed by atoms with Gasteiger partial charge in [-0.2, -0.15) is 4.68 Å². The summed E-state index contributed by atoms with van der Waals surface area (Å²) >= 11 is 1.29. The number of tetrazole rings is 1. The van der Waals surface area contributed by atoms with Crippen LogP contribution in [0.5, 0.6) is 0 Å². The van der Waals surface area contributed by atoms with Crippen LogP contribution in [0.25, 0.3) is 5.69 Å². The Labute approximate surface area is 168 Å². The maximum Gasteiger partial charge on any atom is 0.233 e. The maximum absolute atomic E-state index is 12.9. The lowest BCUT2D eigenvalue weighted by molar-refractivity contribution is -0.130. The number of thioether (sulfide) groups is 1. The summed E-state index contributed by atoms with van der Waals surface area (Å²) in [5.41, 5.74) is 3.02. The third-order valence-electron chi connectivity index (χ3n) is 5.25. The number of amides is 1. The number of aromatic nitrogens is 4. The van der Waals surface area contributed by atoms with E-state index >= 15 is 0 Å². The predicted molar refractivity (Wildman–Crippen MR) is 106 cm³/mol. The first-order chi connectivity index (χ1) is 13.4. The molecule has 2 fully saturated rings. The Morgan fingerprint density at radius 1 is 1.21 bits per heavy atom. The normalized spacial score (nSPS) is 21.0. The second-order valence-corrected chi connectivity index (χ2v) is 10.7. The molecule has 1 saturated carbocycles. The number of nitrogens with zero attached hydrogens (tertiary/aromatic N) is 5. The van der Waals surface area contributed by atoms with Gasteiger partial charge in [-0.1, -0.05) is 30.0 Å². The van der Waals surface area contributed by atoms with Crippen LogP contribution in [0.4, 0.5) is 0 Å². The third kappa shape index (κ3) is 3.93. The van der Waals surface area contributed by atoms with Gasteiger partial charge in [-0.25, -0.2) is 8.42 Å². The Hall–Kier alpha value is -1.94. The molecule has 28 heavy (non-hydrogen) atoms. The summed E-state index contributed by atoms with van der Waals surface area (Å²) in [5, 5.41) is 12.5. The van der Waals surface area contributed by atoms with Crippen molar-refractivity contribution in [2.75, 3.05) is 17.3 Å². The van der Waals surface area contributed by atoms with Gasteiger partial charge in [0.15, 0.2) is 9.84 Å². The van der Waals surface area contributed by atoms with Crippen molar-refractivity contribution in [3.63, 3.8) is 0 Å². The minimum Gasteiger partial charge on any atom is -0.335 e. The van der Waals surface area contributed by atoms with E-state index in [1.54, 1.807) is 4.68 Å². The fraction of sp³-hybridized carbons (Fsp3) is 0.556. The fourth-order valence-electron chi connectivity index (χ4n) is 3.80. The minimum absolute atomic E-state index is 0.0364. The van der Waals surface area contributed by atoms with E-state index < -0.39 is 9.84 Å². The predicted octanol–water partition coefficient (Wildman–Crippen LogP) is 1.55. The van der Waals surface area contributed by atoms with Crippen LogP contribution in [0, 0.1) is 13.8 Å². The molecular weight excluding hydrogens is 398 g/mol. The number of para-hydroxylation sites is 1. The van der Waals surface area contributed by atoms with E-state index in [4.69, 9.17) is 0 Å². The molecule has 1 saturated heterocycles. The molecule has 1 atom stereocenters. The van der Waals surface area contributed by atoms with Crippen LogP contribution in [0.3, 0.4) is 0 Å². The highest BCUT2D eigenvalue weighted by Gasteiger charge is 2.42. The summed E-state index contributed by atoms with van der Waals surface area (Å²) in [6.45, 7) is 4.00. The highest BCUT2D eigenvalue weighted by molar-refractivity contribution is 7.99. The van der Waals surface area contributed by atoms with E-state index in [-0.39, 0.29) is 35.2 Å². The van der Waals surface area contributed by atoms with E-state index in [1.807, 2.05) is 36.9 Å². The summed E-state index contributed by atoms with van der Waals surface area (Å²) in [4.78, 5) is 14.7. The monoisotopic (exact) mass is 421 g/mol. The largest absolute Gasteiger partial charge is 0.335 e. The molecule has 1 aromatic carbocycles. The van der Waals surface area contributed by atoms with Crippen molar-refractivity contribution >= 4 is 27.5 Å². The summed E-state index contributed by atoms with van der Waals surface area (Å²) in [6, 6.07) is 5.97. The number of aryl methyl sites for hydroxylation is 2. The molecule has 1 aromatic heterocycles. The summed E-state index contributed by atoms with van der Waals surface area (Å²) in [7, 11) is -3.03. The van der Waals surface area contributed by atoms with Gasteiger partial charge in [0.05, 0.1) is 22.9 Å². The van der Waals surface area contributed by atoms with Gasteiger partial charge in [0.1, 0.15) is 0 Å². The van der Waals surface area contributed by atoms with Crippen molar-refractivity contribution in [1.82, 2.24) is 25.1 Å². The van der Waals surface area contributed by atoms with Crippen LogP contribution < -0.4 is 0 Å². The van der Waals surface area contributed by atoms with Crippen molar-refractivity contribution in [1.29, 1.82) is 0 Å². The number of sulfone groups is 1. The average molecular weight is 422 g/mol. The summed E-state index contributed by atoms with van der Waals surface area (Å²) in [6.07, 6.45) is 2.44. The third-order valence-corrected chi connectivity index (χ3v) is 7.90. The van der Waals surface area contributed by atoms with Crippen LogP contribution in [0.2, 0.25) is 0 Å². The molecule has 150 valence electrons. The van der Waals surface area contributed by atoms with Gasteiger partial charge >= 0.3 is 0 Å². The Bertz CT molecular complexity index is 980. The molecule has 8 nitrogen and oxygen atoms in total. The topological polar surface area (TPSA) is 98.1 Å². The molecule has 0 radical (unpaired) electrons. The first-order valence-corrected chi connectivity index (χ1v) is 12.2.